The second kappa shape index (κ2) is 8.76. The van der Waals surface area contributed by atoms with Crippen molar-refractivity contribution in [1.29, 1.82) is 5.26 Å². The lowest BCUT2D eigenvalue weighted by molar-refractivity contribution is 0.507. The standard InChI is InChI=1S/C24H33NOSi/c1-7-24(8-2,18-25)21-13-12-16-23(17-21)27(19(3)4,20(5)6)26-22-14-10-9-11-15-22/h9-17,19-20H,7-8H2,1-6H3. The highest BCUT2D eigenvalue weighted by molar-refractivity contribution is 6.89. The van der Waals surface area contributed by atoms with Crippen LogP contribution in [0.1, 0.15) is 59.9 Å². The predicted octanol–water partition coefficient (Wildman–Crippen LogP) is 6.32. The molecule has 0 aromatic heterocycles. The van der Waals surface area contributed by atoms with Gasteiger partial charge in [0.05, 0.1) is 11.5 Å². The molecule has 0 aliphatic rings. The molecule has 0 N–H and O–H groups in total. The first-order valence-electron chi connectivity index (χ1n) is 10.1. The molecule has 0 amide bonds. The van der Waals surface area contributed by atoms with Gasteiger partial charge >= 0.3 is 0 Å². The van der Waals surface area contributed by atoms with Gasteiger partial charge in [-0.25, -0.2) is 0 Å². The van der Waals surface area contributed by atoms with Crippen LogP contribution in [0.15, 0.2) is 54.6 Å². The zero-order valence-electron chi connectivity index (χ0n) is 17.6. The summed E-state index contributed by atoms with van der Waals surface area (Å²) in [7, 11) is -2.33. The maximum Gasteiger partial charge on any atom is 0.287 e. The minimum absolute atomic E-state index is 0.410. The molecule has 0 aliphatic heterocycles. The third-order valence-electron chi connectivity index (χ3n) is 6.03. The average molecular weight is 380 g/mol. The molecule has 0 saturated heterocycles. The van der Waals surface area contributed by atoms with E-state index < -0.39 is 13.7 Å². The first-order chi connectivity index (χ1) is 12.9. The van der Waals surface area contributed by atoms with Crippen LogP contribution in [0, 0.1) is 11.3 Å². The second-order valence-corrected chi connectivity index (χ2v) is 12.7. The van der Waals surface area contributed by atoms with Gasteiger partial charge in [0.25, 0.3) is 8.32 Å². The van der Waals surface area contributed by atoms with Crippen LogP contribution in [0.3, 0.4) is 0 Å². The van der Waals surface area contributed by atoms with E-state index in [1.807, 2.05) is 30.3 Å². The fourth-order valence-corrected chi connectivity index (χ4v) is 8.77. The van der Waals surface area contributed by atoms with E-state index in [9.17, 15) is 5.26 Å². The van der Waals surface area contributed by atoms with Crippen LogP contribution in [0.4, 0.5) is 0 Å². The molecule has 0 aliphatic carbocycles. The number of para-hydroxylation sites is 1. The van der Waals surface area contributed by atoms with Crippen molar-refractivity contribution in [2.24, 2.45) is 0 Å². The smallest absolute Gasteiger partial charge is 0.287 e. The Labute approximate surface area is 166 Å². The Kier molecular flexibility index (Phi) is 6.89. The minimum Gasteiger partial charge on any atom is -0.538 e. The lowest BCUT2D eigenvalue weighted by Gasteiger charge is -2.40. The molecule has 0 atom stereocenters. The van der Waals surface area contributed by atoms with Gasteiger partial charge < -0.3 is 4.43 Å². The van der Waals surface area contributed by atoms with Gasteiger partial charge in [-0.15, -0.1) is 0 Å². The number of nitrogens with zero attached hydrogens (tertiary/aromatic N) is 1. The van der Waals surface area contributed by atoms with E-state index in [2.05, 4.69) is 71.9 Å². The maximum absolute atomic E-state index is 9.91. The summed E-state index contributed by atoms with van der Waals surface area (Å²) in [5, 5.41) is 11.2. The van der Waals surface area contributed by atoms with Gasteiger partial charge in [-0.1, -0.05) is 84.0 Å². The van der Waals surface area contributed by atoms with Crippen LogP contribution in [-0.4, -0.2) is 8.32 Å². The fourth-order valence-electron chi connectivity index (χ4n) is 4.25. The lowest BCUT2D eigenvalue weighted by atomic mass is 9.77. The van der Waals surface area contributed by atoms with E-state index in [1.165, 1.54) is 5.19 Å². The highest BCUT2D eigenvalue weighted by Gasteiger charge is 2.46. The highest BCUT2D eigenvalue weighted by atomic mass is 28.4. The van der Waals surface area contributed by atoms with Crippen molar-refractivity contribution in [2.75, 3.05) is 0 Å². The zero-order valence-corrected chi connectivity index (χ0v) is 18.6. The van der Waals surface area contributed by atoms with Crippen LogP contribution in [0.2, 0.25) is 11.1 Å². The molecule has 0 heterocycles. The van der Waals surface area contributed by atoms with E-state index in [-0.39, 0.29) is 0 Å². The summed E-state index contributed by atoms with van der Waals surface area (Å²) in [5.41, 5.74) is 1.53. The van der Waals surface area contributed by atoms with Gasteiger partial charge in [-0.3, -0.25) is 0 Å². The quantitative estimate of drug-likeness (QED) is 0.503. The Morgan fingerprint density at radius 2 is 1.52 bits per heavy atom. The van der Waals surface area contributed by atoms with Crippen molar-refractivity contribution in [1.82, 2.24) is 0 Å². The van der Waals surface area contributed by atoms with E-state index >= 15 is 0 Å². The summed E-state index contributed by atoms with van der Waals surface area (Å²) in [6.07, 6.45) is 1.64. The van der Waals surface area contributed by atoms with Gasteiger partial charge in [-0.2, -0.15) is 5.26 Å². The third-order valence-corrected chi connectivity index (χ3v) is 11.3. The SMILES string of the molecule is CCC(C#N)(CC)c1cccc([Si](Oc2ccccc2)(C(C)C)C(C)C)c1. The molecule has 0 bridgehead atoms. The predicted molar refractivity (Wildman–Crippen MR) is 117 cm³/mol. The third kappa shape index (κ3) is 3.96. The molecular weight excluding hydrogens is 346 g/mol. The molecule has 144 valence electrons. The van der Waals surface area contributed by atoms with E-state index in [0.29, 0.717) is 11.1 Å². The summed E-state index contributed by atoms with van der Waals surface area (Å²) >= 11 is 0. The Balaban J connectivity index is 2.64. The van der Waals surface area contributed by atoms with Gasteiger partial charge in [0, 0.05) is 0 Å². The number of benzene rings is 2. The Bertz CT molecular complexity index is 764. The average Bonchev–Trinajstić information content (AvgIpc) is 2.68. The molecule has 3 heteroatoms. The topological polar surface area (TPSA) is 33.0 Å². The van der Waals surface area contributed by atoms with E-state index in [1.54, 1.807) is 0 Å². The molecule has 2 rings (SSSR count). The monoisotopic (exact) mass is 379 g/mol. The number of hydrogen-bond acceptors (Lipinski definition) is 2. The van der Waals surface area contributed by atoms with Crippen molar-refractivity contribution in [3.8, 4) is 11.8 Å². The Morgan fingerprint density at radius 1 is 0.926 bits per heavy atom. The first-order valence-corrected chi connectivity index (χ1v) is 12.2. The van der Waals surface area contributed by atoms with Crippen molar-refractivity contribution in [2.45, 2.75) is 70.9 Å². The molecule has 2 nitrogen and oxygen atoms in total. The van der Waals surface area contributed by atoms with Crippen molar-refractivity contribution < 1.29 is 4.43 Å². The molecule has 0 unspecified atom stereocenters. The zero-order chi connectivity index (χ0) is 20.1. The van der Waals surface area contributed by atoms with Crippen LogP contribution < -0.4 is 9.61 Å². The highest BCUT2D eigenvalue weighted by Crippen LogP contribution is 2.36. The normalized spacial score (nSPS) is 12.3. The molecule has 0 fully saturated rings. The number of rotatable bonds is 8. The van der Waals surface area contributed by atoms with Crippen molar-refractivity contribution in [3.05, 3.63) is 60.2 Å². The molecular formula is C24H33NOSi. The first kappa shape index (κ1) is 21.2. The summed E-state index contributed by atoms with van der Waals surface area (Å²) in [5.74, 6) is 0.939. The summed E-state index contributed by atoms with van der Waals surface area (Å²) in [4.78, 5) is 0. The molecule has 27 heavy (non-hydrogen) atoms. The number of nitriles is 1. The van der Waals surface area contributed by atoms with Crippen molar-refractivity contribution in [3.63, 3.8) is 0 Å². The van der Waals surface area contributed by atoms with Crippen LogP contribution in [-0.2, 0) is 5.41 Å². The maximum atomic E-state index is 9.91. The molecule has 0 spiro atoms. The van der Waals surface area contributed by atoms with Crippen LogP contribution in [0.25, 0.3) is 0 Å². The summed E-state index contributed by atoms with van der Waals surface area (Å²) < 4.78 is 6.84. The Morgan fingerprint density at radius 3 is 2.00 bits per heavy atom. The molecule has 2 aromatic carbocycles. The fraction of sp³-hybridized carbons (Fsp3) is 0.458. The lowest BCUT2D eigenvalue weighted by Crippen LogP contribution is -2.58. The van der Waals surface area contributed by atoms with E-state index in [4.69, 9.17) is 4.43 Å². The van der Waals surface area contributed by atoms with Crippen LogP contribution in [0.5, 0.6) is 5.75 Å². The second-order valence-electron chi connectivity index (χ2n) is 8.00. The summed E-state index contributed by atoms with van der Waals surface area (Å²) in [6.45, 7) is 13.3. The van der Waals surface area contributed by atoms with Gasteiger partial charge in [-0.05, 0) is 46.8 Å². The largest absolute Gasteiger partial charge is 0.538 e. The Hall–Kier alpha value is -2.05. The number of hydrogen-bond donors (Lipinski definition) is 0. The van der Waals surface area contributed by atoms with Crippen LogP contribution >= 0.6 is 0 Å². The van der Waals surface area contributed by atoms with Gasteiger partial charge in [0.1, 0.15) is 5.75 Å². The van der Waals surface area contributed by atoms with Gasteiger partial charge in [0.15, 0.2) is 0 Å². The van der Waals surface area contributed by atoms with E-state index in [0.717, 1.165) is 24.2 Å². The van der Waals surface area contributed by atoms with Gasteiger partial charge in [0.2, 0.25) is 0 Å². The minimum atomic E-state index is -2.33. The molecule has 2 aromatic rings. The summed E-state index contributed by atoms with van der Waals surface area (Å²) in [6, 6.07) is 21.5. The molecule has 0 radical (unpaired) electrons. The van der Waals surface area contributed by atoms with Crippen molar-refractivity contribution >= 4 is 13.5 Å². The molecule has 0 saturated carbocycles.